The highest BCUT2D eigenvalue weighted by Crippen LogP contribution is 2.27. The number of aromatic nitrogens is 4. The number of aryl methyl sites for hydroxylation is 2. The molecule has 0 saturated carbocycles. The van der Waals surface area contributed by atoms with Crippen LogP contribution in [0.4, 0.5) is 0 Å². The van der Waals surface area contributed by atoms with Gasteiger partial charge in [0.25, 0.3) is 0 Å². The largest absolute Gasteiger partial charge is 0.480 e. The average molecular weight is 261 g/mol. The highest BCUT2D eigenvalue weighted by Gasteiger charge is 2.23. The van der Waals surface area contributed by atoms with Crippen molar-refractivity contribution in [3.8, 4) is 5.88 Å². The lowest BCUT2D eigenvalue weighted by Gasteiger charge is -2.17. The van der Waals surface area contributed by atoms with E-state index < -0.39 is 0 Å². The second kappa shape index (κ2) is 5.79. The van der Waals surface area contributed by atoms with Crippen molar-refractivity contribution in [3.05, 3.63) is 35.5 Å². The first-order valence-electron chi connectivity index (χ1n) is 6.25. The second-order valence-corrected chi connectivity index (χ2v) is 4.23. The first-order valence-corrected chi connectivity index (χ1v) is 6.25. The Bertz CT molecular complexity index is 552. The summed E-state index contributed by atoms with van der Waals surface area (Å²) in [6.07, 6.45) is 6.17. The minimum atomic E-state index is -0.0766. The van der Waals surface area contributed by atoms with Gasteiger partial charge in [-0.1, -0.05) is 6.92 Å². The van der Waals surface area contributed by atoms with Crippen LogP contribution < -0.4 is 10.1 Å². The van der Waals surface area contributed by atoms with E-state index >= 15 is 0 Å². The Hall–Kier alpha value is -1.95. The molecule has 2 aromatic heterocycles. The van der Waals surface area contributed by atoms with Crippen LogP contribution in [0, 0.1) is 0 Å². The molecule has 6 heteroatoms. The molecule has 1 N–H and O–H groups in total. The Morgan fingerprint density at radius 2 is 2.11 bits per heavy atom. The summed E-state index contributed by atoms with van der Waals surface area (Å²) in [7, 11) is 5.42. The van der Waals surface area contributed by atoms with Gasteiger partial charge in [-0.25, -0.2) is 4.98 Å². The van der Waals surface area contributed by atoms with E-state index in [0.717, 1.165) is 23.4 Å². The minimum Gasteiger partial charge on any atom is -0.480 e. The second-order valence-electron chi connectivity index (χ2n) is 4.23. The van der Waals surface area contributed by atoms with Gasteiger partial charge in [0.2, 0.25) is 5.88 Å². The molecular weight excluding hydrogens is 242 g/mol. The highest BCUT2D eigenvalue weighted by molar-refractivity contribution is 5.34. The number of methoxy groups -OCH3 is 1. The summed E-state index contributed by atoms with van der Waals surface area (Å²) in [5.41, 5.74) is 2.93. The third-order valence-electron chi connectivity index (χ3n) is 3.03. The van der Waals surface area contributed by atoms with Gasteiger partial charge in [-0.2, -0.15) is 5.10 Å². The summed E-state index contributed by atoms with van der Waals surface area (Å²) in [5, 5.41) is 7.73. The summed E-state index contributed by atoms with van der Waals surface area (Å²) in [5.74, 6) is 0.535. The summed E-state index contributed by atoms with van der Waals surface area (Å²) >= 11 is 0. The van der Waals surface area contributed by atoms with Crippen LogP contribution in [-0.4, -0.2) is 33.9 Å². The van der Waals surface area contributed by atoms with Gasteiger partial charge in [0.1, 0.15) is 5.69 Å². The first kappa shape index (κ1) is 13.5. The molecule has 1 unspecified atom stereocenters. The molecule has 0 fully saturated rings. The van der Waals surface area contributed by atoms with Crippen molar-refractivity contribution >= 4 is 0 Å². The van der Waals surface area contributed by atoms with Crippen LogP contribution in [0.25, 0.3) is 0 Å². The van der Waals surface area contributed by atoms with Crippen molar-refractivity contribution in [2.45, 2.75) is 19.4 Å². The molecule has 2 aromatic rings. The number of hydrogen-bond acceptors (Lipinski definition) is 5. The molecule has 6 nitrogen and oxygen atoms in total. The highest BCUT2D eigenvalue weighted by atomic mass is 16.5. The number of ether oxygens (including phenoxy) is 1. The molecule has 102 valence electrons. The monoisotopic (exact) mass is 261 g/mol. The molecule has 0 radical (unpaired) electrons. The van der Waals surface area contributed by atoms with Gasteiger partial charge >= 0.3 is 0 Å². The van der Waals surface area contributed by atoms with Gasteiger partial charge in [0.15, 0.2) is 0 Å². The number of rotatable bonds is 5. The maximum atomic E-state index is 5.29. The molecule has 1 atom stereocenters. The van der Waals surface area contributed by atoms with Gasteiger partial charge < -0.3 is 10.1 Å². The first-order chi connectivity index (χ1) is 9.21. The molecule has 0 aliphatic rings. The van der Waals surface area contributed by atoms with E-state index in [-0.39, 0.29) is 6.04 Å². The Labute approximate surface area is 112 Å². The van der Waals surface area contributed by atoms with Crippen molar-refractivity contribution in [1.82, 2.24) is 25.1 Å². The van der Waals surface area contributed by atoms with E-state index in [9.17, 15) is 0 Å². The fraction of sp³-hybridized carbons (Fsp3) is 0.462. The Morgan fingerprint density at radius 3 is 2.74 bits per heavy atom. The smallest absolute Gasteiger partial charge is 0.237 e. The molecule has 0 amide bonds. The van der Waals surface area contributed by atoms with Gasteiger partial charge in [0.05, 0.1) is 18.8 Å². The number of nitrogens with one attached hydrogen (secondary N) is 1. The molecule has 0 saturated heterocycles. The molecule has 0 spiro atoms. The lowest BCUT2D eigenvalue weighted by atomic mass is 10.0. The Kier molecular flexibility index (Phi) is 4.11. The predicted octanol–water partition coefficient (Wildman–Crippen LogP) is 1.09. The Morgan fingerprint density at radius 1 is 1.37 bits per heavy atom. The summed E-state index contributed by atoms with van der Waals surface area (Å²) in [4.78, 5) is 8.60. The van der Waals surface area contributed by atoms with Crippen LogP contribution in [0.2, 0.25) is 0 Å². The van der Waals surface area contributed by atoms with Crippen molar-refractivity contribution in [1.29, 1.82) is 0 Å². The van der Waals surface area contributed by atoms with Gasteiger partial charge in [-0.15, -0.1) is 0 Å². The quantitative estimate of drug-likeness (QED) is 0.873. The van der Waals surface area contributed by atoms with E-state index in [1.807, 2.05) is 25.0 Å². The average Bonchev–Trinajstić information content (AvgIpc) is 2.81. The van der Waals surface area contributed by atoms with Gasteiger partial charge in [-0.3, -0.25) is 9.67 Å². The lowest BCUT2D eigenvalue weighted by molar-refractivity contribution is 0.384. The lowest BCUT2D eigenvalue weighted by Crippen LogP contribution is -2.21. The fourth-order valence-corrected chi connectivity index (χ4v) is 2.20. The van der Waals surface area contributed by atoms with Crippen molar-refractivity contribution in [2.24, 2.45) is 7.05 Å². The molecule has 0 aliphatic heterocycles. The van der Waals surface area contributed by atoms with Crippen LogP contribution in [0.5, 0.6) is 5.88 Å². The zero-order valence-electron chi connectivity index (χ0n) is 11.7. The van der Waals surface area contributed by atoms with Crippen LogP contribution in [0.1, 0.15) is 29.9 Å². The van der Waals surface area contributed by atoms with Crippen LogP contribution in [-0.2, 0) is 13.5 Å². The van der Waals surface area contributed by atoms with Crippen LogP contribution in [0.15, 0.2) is 18.6 Å². The molecule has 2 heterocycles. The summed E-state index contributed by atoms with van der Waals surface area (Å²) in [6, 6.07) is -0.0766. The molecule has 0 aliphatic carbocycles. The standard InChI is InChI=1S/C13H19N5O/c1-5-10-9(8-18(3)17-10)11(14-2)12-13(19-4)16-7-6-15-12/h6-8,11,14H,5H2,1-4H3. The summed E-state index contributed by atoms with van der Waals surface area (Å²) < 4.78 is 7.11. The Balaban J connectivity index is 2.49. The zero-order valence-corrected chi connectivity index (χ0v) is 11.7. The maximum absolute atomic E-state index is 5.29. The number of nitrogens with zero attached hydrogens (tertiary/aromatic N) is 4. The van der Waals surface area contributed by atoms with Crippen molar-refractivity contribution in [3.63, 3.8) is 0 Å². The van der Waals surface area contributed by atoms with Gasteiger partial charge in [0, 0.05) is 31.2 Å². The topological polar surface area (TPSA) is 64.9 Å². The van der Waals surface area contributed by atoms with Crippen LogP contribution in [0.3, 0.4) is 0 Å². The molecule has 19 heavy (non-hydrogen) atoms. The van der Waals surface area contributed by atoms with Gasteiger partial charge in [-0.05, 0) is 13.5 Å². The number of hydrogen-bond donors (Lipinski definition) is 1. The fourth-order valence-electron chi connectivity index (χ4n) is 2.20. The van der Waals surface area contributed by atoms with Crippen LogP contribution >= 0.6 is 0 Å². The molecule has 0 aromatic carbocycles. The van der Waals surface area contributed by atoms with E-state index in [1.165, 1.54) is 0 Å². The van der Waals surface area contributed by atoms with E-state index in [4.69, 9.17) is 4.74 Å². The molecular formula is C13H19N5O. The predicted molar refractivity (Wildman–Crippen MR) is 72.1 cm³/mol. The molecule has 0 bridgehead atoms. The third kappa shape index (κ3) is 2.58. The van der Waals surface area contributed by atoms with E-state index in [2.05, 4.69) is 27.3 Å². The van der Waals surface area contributed by atoms with E-state index in [0.29, 0.717) is 5.88 Å². The summed E-state index contributed by atoms with van der Waals surface area (Å²) in [6.45, 7) is 2.09. The normalized spacial score (nSPS) is 12.4. The maximum Gasteiger partial charge on any atom is 0.237 e. The zero-order chi connectivity index (χ0) is 13.8. The third-order valence-corrected chi connectivity index (χ3v) is 3.03. The minimum absolute atomic E-state index is 0.0766. The van der Waals surface area contributed by atoms with Crippen molar-refractivity contribution < 1.29 is 4.74 Å². The molecule has 2 rings (SSSR count). The van der Waals surface area contributed by atoms with E-state index in [1.54, 1.807) is 19.5 Å². The van der Waals surface area contributed by atoms with Crippen molar-refractivity contribution in [2.75, 3.05) is 14.2 Å². The SMILES string of the molecule is CCc1nn(C)cc1C(NC)c1nccnc1OC.